The Kier molecular flexibility index (Phi) is 6.87. The summed E-state index contributed by atoms with van der Waals surface area (Å²) in [5.41, 5.74) is 2.98. The van der Waals surface area contributed by atoms with Gasteiger partial charge in [0.25, 0.3) is 0 Å². The summed E-state index contributed by atoms with van der Waals surface area (Å²) in [6.07, 6.45) is 7.69. The molecule has 0 aliphatic carbocycles. The van der Waals surface area contributed by atoms with E-state index in [2.05, 4.69) is 15.3 Å². The molecule has 1 fully saturated rings. The summed E-state index contributed by atoms with van der Waals surface area (Å²) in [6.45, 7) is 1.53. The molecule has 4 rings (SSSR count). The van der Waals surface area contributed by atoms with E-state index in [1.54, 1.807) is 18.3 Å². The van der Waals surface area contributed by atoms with Crippen molar-refractivity contribution in [1.29, 1.82) is 0 Å². The minimum absolute atomic E-state index is 0.195. The average Bonchev–Trinajstić information content (AvgIpc) is 2.81. The van der Waals surface area contributed by atoms with Crippen molar-refractivity contribution in [1.82, 2.24) is 14.9 Å². The molecule has 1 saturated heterocycles. The topological polar surface area (TPSA) is 58.1 Å². The van der Waals surface area contributed by atoms with Crippen LogP contribution in [0.15, 0.2) is 67.0 Å². The summed E-state index contributed by atoms with van der Waals surface area (Å²) in [6, 6.07) is 16.3. The molecule has 1 aromatic carbocycles. The molecule has 1 aliphatic rings. The number of pyridine rings is 2. The SMILES string of the molecule is O=C(CCCc1ccc(F)cc1)N1CCC[C@@H](c2ccc(Nc3ccccn3)cn2)C1. The molecule has 1 aliphatic heterocycles. The van der Waals surface area contributed by atoms with E-state index in [1.807, 2.05) is 41.4 Å². The van der Waals surface area contributed by atoms with Gasteiger partial charge in [-0.3, -0.25) is 9.78 Å². The summed E-state index contributed by atoms with van der Waals surface area (Å²) >= 11 is 0. The molecule has 31 heavy (non-hydrogen) atoms. The van der Waals surface area contributed by atoms with Gasteiger partial charge in [-0.25, -0.2) is 9.37 Å². The van der Waals surface area contributed by atoms with Crippen LogP contribution in [0.25, 0.3) is 0 Å². The number of anilines is 2. The molecule has 160 valence electrons. The smallest absolute Gasteiger partial charge is 0.222 e. The van der Waals surface area contributed by atoms with Crippen LogP contribution >= 0.6 is 0 Å². The van der Waals surface area contributed by atoms with Crippen molar-refractivity contribution in [3.63, 3.8) is 0 Å². The first kappa shape index (κ1) is 21.0. The highest BCUT2D eigenvalue weighted by atomic mass is 19.1. The van der Waals surface area contributed by atoms with Gasteiger partial charge in [0.2, 0.25) is 5.91 Å². The highest BCUT2D eigenvalue weighted by molar-refractivity contribution is 5.76. The lowest BCUT2D eigenvalue weighted by Gasteiger charge is -2.32. The number of amides is 1. The molecular formula is C25H27FN4O. The Morgan fingerprint density at radius 1 is 1.10 bits per heavy atom. The average molecular weight is 419 g/mol. The van der Waals surface area contributed by atoms with Gasteiger partial charge in [-0.15, -0.1) is 0 Å². The van der Waals surface area contributed by atoms with Gasteiger partial charge in [0.1, 0.15) is 11.6 Å². The van der Waals surface area contributed by atoms with Crippen LogP contribution in [-0.2, 0) is 11.2 Å². The zero-order chi connectivity index (χ0) is 21.5. The minimum Gasteiger partial charge on any atom is -0.342 e. The quantitative estimate of drug-likeness (QED) is 0.581. The summed E-state index contributed by atoms with van der Waals surface area (Å²) in [7, 11) is 0. The van der Waals surface area contributed by atoms with E-state index in [9.17, 15) is 9.18 Å². The Bertz CT molecular complexity index is 977. The third-order valence-electron chi connectivity index (χ3n) is 5.69. The summed E-state index contributed by atoms with van der Waals surface area (Å²) in [5, 5.41) is 3.24. The van der Waals surface area contributed by atoms with Gasteiger partial charge < -0.3 is 10.2 Å². The number of hydrogen-bond donors (Lipinski definition) is 1. The predicted octanol–water partition coefficient (Wildman–Crippen LogP) is 5.09. The highest BCUT2D eigenvalue weighted by Gasteiger charge is 2.25. The van der Waals surface area contributed by atoms with E-state index in [0.717, 1.165) is 61.5 Å². The van der Waals surface area contributed by atoms with Gasteiger partial charge in [-0.2, -0.15) is 0 Å². The number of nitrogens with zero attached hydrogens (tertiary/aromatic N) is 3. The van der Waals surface area contributed by atoms with E-state index in [0.29, 0.717) is 6.42 Å². The zero-order valence-electron chi connectivity index (χ0n) is 17.5. The van der Waals surface area contributed by atoms with Crippen molar-refractivity contribution in [3.05, 3.63) is 84.1 Å². The third kappa shape index (κ3) is 5.87. The van der Waals surface area contributed by atoms with Gasteiger partial charge >= 0.3 is 0 Å². The molecule has 0 radical (unpaired) electrons. The lowest BCUT2D eigenvalue weighted by atomic mass is 9.94. The Labute approximate surface area is 182 Å². The minimum atomic E-state index is -0.228. The number of likely N-dealkylation sites (tertiary alicyclic amines) is 1. The molecule has 0 unspecified atom stereocenters. The largest absolute Gasteiger partial charge is 0.342 e. The van der Waals surface area contributed by atoms with Crippen LogP contribution < -0.4 is 5.32 Å². The first-order chi connectivity index (χ1) is 15.2. The van der Waals surface area contributed by atoms with Crippen molar-refractivity contribution in [3.8, 4) is 0 Å². The van der Waals surface area contributed by atoms with Crippen molar-refractivity contribution >= 4 is 17.4 Å². The van der Waals surface area contributed by atoms with Crippen LogP contribution in [0.3, 0.4) is 0 Å². The number of hydrogen-bond acceptors (Lipinski definition) is 4. The number of benzene rings is 1. The second-order valence-corrected chi connectivity index (χ2v) is 7.97. The normalized spacial score (nSPS) is 16.2. The number of carbonyl (C=O) groups is 1. The number of rotatable bonds is 7. The Balaban J connectivity index is 1.28. The van der Waals surface area contributed by atoms with E-state index in [-0.39, 0.29) is 17.6 Å². The monoisotopic (exact) mass is 418 g/mol. The molecule has 1 N–H and O–H groups in total. The van der Waals surface area contributed by atoms with E-state index < -0.39 is 0 Å². The fraction of sp³-hybridized carbons (Fsp3) is 0.320. The van der Waals surface area contributed by atoms with Crippen molar-refractivity contribution in [2.45, 2.75) is 38.0 Å². The molecule has 0 saturated carbocycles. The Morgan fingerprint density at radius 3 is 2.71 bits per heavy atom. The lowest BCUT2D eigenvalue weighted by Crippen LogP contribution is -2.39. The Hall–Kier alpha value is -3.28. The molecule has 2 aromatic heterocycles. The van der Waals surface area contributed by atoms with Gasteiger partial charge in [-0.1, -0.05) is 18.2 Å². The maximum atomic E-state index is 13.0. The van der Waals surface area contributed by atoms with Gasteiger partial charge in [0.15, 0.2) is 0 Å². The number of carbonyl (C=O) groups excluding carboxylic acids is 1. The van der Waals surface area contributed by atoms with Crippen LogP contribution in [0.1, 0.15) is 42.9 Å². The van der Waals surface area contributed by atoms with Crippen LogP contribution in [0.4, 0.5) is 15.9 Å². The fourth-order valence-electron chi connectivity index (χ4n) is 4.00. The number of aryl methyl sites for hydroxylation is 1. The molecule has 0 spiro atoms. The standard InChI is InChI=1S/C25H27FN4O/c26-21-11-9-19(10-12-21)5-3-8-25(31)30-16-4-6-20(18-30)23-14-13-22(17-28-23)29-24-7-1-2-15-27-24/h1-2,7,9-15,17,20H,3-6,8,16,18H2,(H,27,29)/t20-/m1/s1. The van der Waals surface area contributed by atoms with E-state index in [1.165, 1.54) is 12.1 Å². The van der Waals surface area contributed by atoms with Crippen molar-refractivity contribution < 1.29 is 9.18 Å². The number of nitrogens with one attached hydrogen (secondary N) is 1. The fourth-order valence-corrected chi connectivity index (χ4v) is 4.00. The summed E-state index contributed by atoms with van der Waals surface area (Å²) < 4.78 is 13.0. The molecule has 1 atom stereocenters. The van der Waals surface area contributed by atoms with Crippen LogP contribution in [0.5, 0.6) is 0 Å². The molecule has 1 amide bonds. The first-order valence-electron chi connectivity index (χ1n) is 10.8. The molecule has 5 nitrogen and oxygen atoms in total. The number of aromatic nitrogens is 2. The van der Waals surface area contributed by atoms with Crippen LogP contribution in [-0.4, -0.2) is 33.9 Å². The zero-order valence-corrected chi connectivity index (χ0v) is 17.5. The molecule has 3 heterocycles. The second-order valence-electron chi connectivity index (χ2n) is 7.97. The molecule has 3 aromatic rings. The van der Waals surface area contributed by atoms with Crippen LogP contribution in [0.2, 0.25) is 0 Å². The predicted molar refractivity (Wildman–Crippen MR) is 120 cm³/mol. The van der Waals surface area contributed by atoms with E-state index >= 15 is 0 Å². The van der Waals surface area contributed by atoms with Gasteiger partial charge in [0.05, 0.1) is 11.9 Å². The summed E-state index contributed by atoms with van der Waals surface area (Å²) in [5.74, 6) is 1.01. The summed E-state index contributed by atoms with van der Waals surface area (Å²) in [4.78, 5) is 23.6. The highest BCUT2D eigenvalue weighted by Crippen LogP contribution is 2.27. The van der Waals surface area contributed by atoms with Crippen molar-refractivity contribution in [2.75, 3.05) is 18.4 Å². The van der Waals surface area contributed by atoms with Gasteiger partial charge in [0, 0.05) is 37.3 Å². The van der Waals surface area contributed by atoms with Crippen LogP contribution in [0, 0.1) is 5.82 Å². The molecular weight excluding hydrogens is 391 g/mol. The molecule has 6 heteroatoms. The second kappa shape index (κ2) is 10.2. The molecule has 0 bridgehead atoms. The maximum absolute atomic E-state index is 13.0. The van der Waals surface area contributed by atoms with Crippen molar-refractivity contribution in [2.24, 2.45) is 0 Å². The third-order valence-corrected chi connectivity index (χ3v) is 5.69. The Morgan fingerprint density at radius 2 is 1.97 bits per heavy atom. The maximum Gasteiger partial charge on any atom is 0.222 e. The first-order valence-corrected chi connectivity index (χ1v) is 10.8. The number of halogens is 1. The van der Waals surface area contributed by atoms with Gasteiger partial charge in [-0.05, 0) is 67.6 Å². The van der Waals surface area contributed by atoms with E-state index in [4.69, 9.17) is 0 Å². The lowest BCUT2D eigenvalue weighted by molar-refractivity contribution is -0.132. The number of piperidine rings is 1.